The lowest BCUT2D eigenvalue weighted by Gasteiger charge is -2.28. The van der Waals surface area contributed by atoms with Crippen molar-refractivity contribution in [1.29, 1.82) is 0 Å². The second kappa shape index (κ2) is 4.29. The molecule has 0 N–H and O–H groups in total. The van der Waals surface area contributed by atoms with Gasteiger partial charge in [0.2, 0.25) is 0 Å². The van der Waals surface area contributed by atoms with Gasteiger partial charge in [0.15, 0.2) is 5.76 Å². The second-order valence-electron chi connectivity index (χ2n) is 4.31. The van der Waals surface area contributed by atoms with Crippen molar-refractivity contribution in [1.82, 2.24) is 0 Å². The summed E-state index contributed by atoms with van der Waals surface area (Å²) in [5.74, 6) is -0.258. The summed E-state index contributed by atoms with van der Waals surface area (Å²) in [6, 6.07) is 7.88. The molecule has 0 atom stereocenters. The Morgan fingerprint density at radius 3 is 3.00 bits per heavy atom. The van der Waals surface area contributed by atoms with Gasteiger partial charge in [0, 0.05) is 6.54 Å². The molecule has 92 valence electrons. The van der Waals surface area contributed by atoms with Crippen molar-refractivity contribution in [2.75, 3.05) is 11.4 Å². The number of fused-ring (bicyclic) bond motifs is 1. The number of rotatable bonds is 1. The summed E-state index contributed by atoms with van der Waals surface area (Å²) in [6.45, 7) is 0.593. The molecule has 1 aliphatic heterocycles. The summed E-state index contributed by atoms with van der Waals surface area (Å²) in [6.07, 6.45) is 3.21. The third kappa shape index (κ3) is 1.79. The van der Waals surface area contributed by atoms with Crippen molar-refractivity contribution in [3.8, 4) is 0 Å². The van der Waals surface area contributed by atoms with E-state index in [1.54, 1.807) is 23.1 Å². The van der Waals surface area contributed by atoms with Crippen molar-refractivity contribution >= 4 is 11.6 Å². The van der Waals surface area contributed by atoms with Crippen LogP contribution < -0.4 is 4.90 Å². The van der Waals surface area contributed by atoms with Gasteiger partial charge in [-0.3, -0.25) is 4.79 Å². The van der Waals surface area contributed by atoms with Crippen LogP contribution in [-0.4, -0.2) is 12.5 Å². The monoisotopic (exact) mass is 245 g/mol. The van der Waals surface area contributed by atoms with E-state index in [1.807, 2.05) is 0 Å². The fourth-order valence-electron chi connectivity index (χ4n) is 2.29. The van der Waals surface area contributed by atoms with E-state index in [2.05, 4.69) is 0 Å². The number of carbonyl (C=O) groups excluding carboxylic acids is 1. The van der Waals surface area contributed by atoms with Gasteiger partial charge in [-0.1, -0.05) is 6.07 Å². The SMILES string of the molecule is O=C(c1ccco1)N1CCCc2ccc(F)cc21. The molecule has 1 amide bonds. The van der Waals surface area contributed by atoms with Crippen LogP contribution in [0.25, 0.3) is 0 Å². The zero-order valence-corrected chi connectivity index (χ0v) is 9.73. The zero-order valence-electron chi connectivity index (χ0n) is 9.73. The molecular weight excluding hydrogens is 233 g/mol. The van der Waals surface area contributed by atoms with Gasteiger partial charge in [-0.05, 0) is 42.7 Å². The number of aryl methyl sites for hydroxylation is 1. The van der Waals surface area contributed by atoms with Crippen molar-refractivity contribution in [3.63, 3.8) is 0 Å². The molecule has 0 spiro atoms. The minimum atomic E-state index is -0.326. The first kappa shape index (κ1) is 11.0. The highest BCUT2D eigenvalue weighted by Gasteiger charge is 2.25. The largest absolute Gasteiger partial charge is 0.459 e. The molecule has 0 radical (unpaired) electrons. The standard InChI is InChI=1S/C14H12FNO2/c15-11-6-5-10-3-1-7-16(12(10)9-11)14(17)13-4-2-8-18-13/h2,4-6,8-9H,1,3,7H2. The highest BCUT2D eigenvalue weighted by molar-refractivity contribution is 6.04. The number of halogens is 1. The number of nitrogens with zero attached hydrogens (tertiary/aromatic N) is 1. The van der Waals surface area contributed by atoms with E-state index in [0.29, 0.717) is 12.2 Å². The van der Waals surface area contributed by atoms with Gasteiger partial charge >= 0.3 is 0 Å². The first-order valence-corrected chi connectivity index (χ1v) is 5.89. The normalized spacial score (nSPS) is 14.4. The molecule has 3 nitrogen and oxygen atoms in total. The van der Waals surface area contributed by atoms with Crippen molar-refractivity contribution < 1.29 is 13.6 Å². The van der Waals surface area contributed by atoms with Crippen molar-refractivity contribution in [2.24, 2.45) is 0 Å². The van der Waals surface area contributed by atoms with Crippen LogP contribution in [0.2, 0.25) is 0 Å². The maximum absolute atomic E-state index is 13.3. The first-order chi connectivity index (χ1) is 8.75. The Labute approximate surface area is 104 Å². The lowest BCUT2D eigenvalue weighted by atomic mass is 10.0. The molecule has 2 heterocycles. The Balaban J connectivity index is 2.01. The van der Waals surface area contributed by atoms with Gasteiger partial charge in [0.1, 0.15) is 5.82 Å². The van der Waals surface area contributed by atoms with E-state index >= 15 is 0 Å². The van der Waals surface area contributed by atoms with Gasteiger partial charge in [-0.15, -0.1) is 0 Å². The number of carbonyl (C=O) groups is 1. The molecule has 18 heavy (non-hydrogen) atoms. The Morgan fingerprint density at radius 1 is 1.33 bits per heavy atom. The summed E-state index contributed by atoms with van der Waals surface area (Å²) < 4.78 is 18.4. The summed E-state index contributed by atoms with van der Waals surface area (Å²) in [5.41, 5.74) is 1.66. The van der Waals surface area contributed by atoms with Crippen LogP contribution in [-0.2, 0) is 6.42 Å². The Kier molecular flexibility index (Phi) is 2.63. The minimum Gasteiger partial charge on any atom is -0.459 e. The van der Waals surface area contributed by atoms with Crippen LogP contribution >= 0.6 is 0 Å². The van der Waals surface area contributed by atoms with Crippen LogP contribution in [0.1, 0.15) is 22.5 Å². The van der Waals surface area contributed by atoms with Gasteiger partial charge in [0.25, 0.3) is 5.91 Å². The van der Waals surface area contributed by atoms with E-state index in [1.165, 1.54) is 18.4 Å². The lowest BCUT2D eigenvalue weighted by Crippen LogP contribution is -2.35. The lowest BCUT2D eigenvalue weighted by molar-refractivity contribution is 0.0958. The van der Waals surface area contributed by atoms with Gasteiger partial charge in [0.05, 0.1) is 12.0 Å². The fraction of sp³-hybridized carbons (Fsp3) is 0.214. The summed E-state index contributed by atoms with van der Waals surface area (Å²) in [5, 5.41) is 0. The van der Waals surface area contributed by atoms with Crippen LogP contribution in [0.4, 0.5) is 10.1 Å². The number of benzene rings is 1. The maximum atomic E-state index is 13.3. The molecule has 0 unspecified atom stereocenters. The molecule has 1 aliphatic rings. The van der Waals surface area contributed by atoms with Crippen molar-refractivity contribution in [3.05, 3.63) is 53.7 Å². The molecule has 1 aromatic heterocycles. The number of hydrogen-bond donors (Lipinski definition) is 0. The molecule has 3 rings (SSSR count). The number of hydrogen-bond acceptors (Lipinski definition) is 2. The van der Waals surface area contributed by atoms with E-state index in [-0.39, 0.29) is 17.5 Å². The summed E-state index contributed by atoms with van der Waals surface area (Å²) in [7, 11) is 0. The van der Waals surface area contributed by atoms with Crippen LogP contribution in [0.5, 0.6) is 0 Å². The number of anilines is 1. The Morgan fingerprint density at radius 2 is 2.22 bits per heavy atom. The molecular formula is C14H12FNO2. The molecule has 0 aliphatic carbocycles. The molecule has 1 aromatic carbocycles. The quantitative estimate of drug-likeness (QED) is 0.773. The second-order valence-corrected chi connectivity index (χ2v) is 4.31. The number of amides is 1. The highest BCUT2D eigenvalue weighted by atomic mass is 19.1. The third-order valence-corrected chi connectivity index (χ3v) is 3.14. The van der Waals surface area contributed by atoms with Gasteiger partial charge in [-0.25, -0.2) is 4.39 Å². The molecule has 4 heteroatoms. The molecule has 0 fully saturated rings. The smallest absolute Gasteiger partial charge is 0.293 e. The Hall–Kier alpha value is -2.10. The van der Waals surface area contributed by atoms with E-state index in [4.69, 9.17) is 4.42 Å². The van der Waals surface area contributed by atoms with Gasteiger partial charge < -0.3 is 9.32 Å². The average molecular weight is 245 g/mol. The molecule has 0 saturated heterocycles. The van der Waals surface area contributed by atoms with Crippen LogP contribution in [0, 0.1) is 5.82 Å². The average Bonchev–Trinajstić information content (AvgIpc) is 2.91. The van der Waals surface area contributed by atoms with E-state index < -0.39 is 0 Å². The van der Waals surface area contributed by atoms with Crippen LogP contribution in [0.15, 0.2) is 41.0 Å². The fourth-order valence-corrected chi connectivity index (χ4v) is 2.29. The molecule has 2 aromatic rings. The van der Waals surface area contributed by atoms with Crippen molar-refractivity contribution in [2.45, 2.75) is 12.8 Å². The molecule has 0 bridgehead atoms. The minimum absolute atomic E-state index is 0.216. The van der Waals surface area contributed by atoms with Crippen LogP contribution in [0.3, 0.4) is 0 Å². The molecule has 0 saturated carbocycles. The topological polar surface area (TPSA) is 33.5 Å². The first-order valence-electron chi connectivity index (χ1n) is 5.89. The highest BCUT2D eigenvalue weighted by Crippen LogP contribution is 2.29. The number of furan rings is 1. The van der Waals surface area contributed by atoms with Gasteiger partial charge in [-0.2, -0.15) is 0 Å². The predicted octanol–water partition coefficient (Wildman–Crippen LogP) is 3.01. The Bertz CT molecular complexity index is 577. The van der Waals surface area contributed by atoms with E-state index in [0.717, 1.165) is 18.4 Å². The summed E-state index contributed by atoms with van der Waals surface area (Å²) >= 11 is 0. The predicted molar refractivity (Wildman–Crippen MR) is 65.1 cm³/mol. The maximum Gasteiger partial charge on any atom is 0.293 e. The zero-order chi connectivity index (χ0) is 12.5. The summed E-state index contributed by atoms with van der Waals surface area (Å²) in [4.78, 5) is 13.8. The van der Waals surface area contributed by atoms with E-state index in [9.17, 15) is 9.18 Å². The third-order valence-electron chi connectivity index (χ3n) is 3.14.